The van der Waals surface area contributed by atoms with E-state index in [-0.39, 0.29) is 5.97 Å². The number of unbranched alkanes of at least 4 members (excludes halogenated alkanes) is 1. The van der Waals surface area contributed by atoms with Gasteiger partial charge in [-0.1, -0.05) is 12.1 Å². The number of hydrogen-bond donors (Lipinski definition) is 1. The second-order valence-corrected chi connectivity index (χ2v) is 4.68. The van der Waals surface area contributed by atoms with Crippen molar-refractivity contribution in [2.45, 2.75) is 19.4 Å². The van der Waals surface area contributed by atoms with Crippen LogP contribution in [0.3, 0.4) is 0 Å². The lowest BCUT2D eigenvalue weighted by Gasteiger charge is -2.06. The van der Waals surface area contributed by atoms with Crippen molar-refractivity contribution >= 4 is 5.97 Å². The van der Waals surface area contributed by atoms with Gasteiger partial charge in [0, 0.05) is 20.3 Å². The molecule has 0 unspecified atom stereocenters. The molecule has 1 aromatic rings. The molecule has 0 aliphatic carbocycles. The van der Waals surface area contributed by atoms with E-state index in [2.05, 4.69) is 10.1 Å². The number of nitrogens with one attached hydrogen (secondary N) is 1. The molecular weight excluding hydrogens is 270 g/mol. The molecule has 21 heavy (non-hydrogen) atoms. The molecule has 5 heteroatoms. The van der Waals surface area contributed by atoms with Gasteiger partial charge < -0.3 is 19.5 Å². The fraction of sp³-hybridized carbons (Fsp3) is 0.562. The summed E-state index contributed by atoms with van der Waals surface area (Å²) in [5, 5.41) is 3.37. The minimum Gasteiger partial charge on any atom is -0.465 e. The second-order valence-electron chi connectivity index (χ2n) is 4.68. The topological polar surface area (TPSA) is 56.8 Å². The lowest BCUT2D eigenvalue weighted by atomic mass is 10.1. The number of ether oxygens (including phenoxy) is 3. The Morgan fingerprint density at radius 2 is 1.81 bits per heavy atom. The standard InChI is InChI=1S/C16H25NO4/c1-19-11-12-21-10-4-3-9-17-13-14-5-7-15(8-6-14)16(18)20-2/h5-8,17H,3-4,9-13H2,1-2H3. The van der Waals surface area contributed by atoms with Gasteiger partial charge >= 0.3 is 5.97 Å². The van der Waals surface area contributed by atoms with Gasteiger partial charge in [0.1, 0.15) is 0 Å². The average molecular weight is 295 g/mol. The van der Waals surface area contributed by atoms with Gasteiger partial charge in [-0.25, -0.2) is 4.79 Å². The van der Waals surface area contributed by atoms with Crippen LogP contribution in [0.4, 0.5) is 0 Å². The van der Waals surface area contributed by atoms with Crippen LogP contribution in [0.2, 0.25) is 0 Å². The van der Waals surface area contributed by atoms with E-state index >= 15 is 0 Å². The van der Waals surface area contributed by atoms with Gasteiger partial charge in [0.2, 0.25) is 0 Å². The first-order valence-electron chi connectivity index (χ1n) is 7.22. The van der Waals surface area contributed by atoms with Crippen molar-refractivity contribution in [1.29, 1.82) is 0 Å². The molecule has 1 N–H and O–H groups in total. The van der Waals surface area contributed by atoms with Gasteiger partial charge in [0.25, 0.3) is 0 Å². The molecule has 0 saturated heterocycles. The molecule has 0 bridgehead atoms. The van der Waals surface area contributed by atoms with Crippen molar-refractivity contribution in [3.63, 3.8) is 0 Å². The first-order valence-corrected chi connectivity index (χ1v) is 7.22. The summed E-state index contributed by atoms with van der Waals surface area (Å²) in [4.78, 5) is 11.3. The smallest absolute Gasteiger partial charge is 0.337 e. The minimum atomic E-state index is -0.303. The Hall–Kier alpha value is -1.43. The molecule has 118 valence electrons. The van der Waals surface area contributed by atoms with E-state index in [0.717, 1.165) is 38.1 Å². The van der Waals surface area contributed by atoms with E-state index in [9.17, 15) is 4.79 Å². The highest BCUT2D eigenvalue weighted by Crippen LogP contribution is 2.05. The molecule has 0 aliphatic heterocycles. The Morgan fingerprint density at radius 1 is 1.05 bits per heavy atom. The maximum absolute atomic E-state index is 11.3. The van der Waals surface area contributed by atoms with Crippen molar-refractivity contribution in [2.75, 3.05) is 40.6 Å². The Balaban J connectivity index is 2.06. The van der Waals surface area contributed by atoms with Crippen LogP contribution >= 0.6 is 0 Å². The van der Waals surface area contributed by atoms with Gasteiger partial charge in [-0.05, 0) is 37.1 Å². The predicted molar refractivity (Wildman–Crippen MR) is 81.4 cm³/mol. The van der Waals surface area contributed by atoms with Gasteiger partial charge in [0.15, 0.2) is 0 Å². The summed E-state index contributed by atoms with van der Waals surface area (Å²) in [7, 11) is 3.06. The van der Waals surface area contributed by atoms with Crippen LogP contribution in [0.1, 0.15) is 28.8 Å². The van der Waals surface area contributed by atoms with Crippen molar-refractivity contribution in [1.82, 2.24) is 5.32 Å². The molecule has 0 aliphatic rings. The maximum atomic E-state index is 11.3. The predicted octanol–water partition coefficient (Wildman–Crippen LogP) is 2.01. The monoisotopic (exact) mass is 295 g/mol. The summed E-state index contributed by atoms with van der Waals surface area (Å²) in [5.41, 5.74) is 1.73. The number of esters is 1. The molecule has 0 amide bonds. The average Bonchev–Trinajstić information content (AvgIpc) is 2.53. The number of rotatable bonds is 11. The van der Waals surface area contributed by atoms with E-state index < -0.39 is 0 Å². The van der Waals surface area contributed by atoms with Gasteiger partial charge in [0.05, 0.1) is 25.9 Å². The van der Waals surface area contributed by atoms with Crippen LogP contribution in [0, 0.1) is 0 Å². The lowest BCUT2D eigenvalue weighted by molar-refractivity contribution is 0.0600. The molecule has 0 heterocycles. The molecule has 0 fully saturated rings. The Kier molecular flexibility index (Phi) is 9.44. The van der Waals surface area contributed by atoms with E-state index in [4.69, 9.17) is 9.47 Å². The highest BCUT2D eigenvalue weighted by Gasteiger charge is 2.03. The fourth-order valence-electron chi connectivity index (χ4n) is 1.81. The summed E-state index contributed by atoms with van der Waals surface area (Å²) in [6.07, 6.45) is 2.12. The summed E-state index contributed by atoms with van der Waals surface area (Å²) in [6, 6.07) is 7.44. The molecule has 0 spiro atoms. The molecular formula is C16H25NO4. The van der Waals surface area contributed by atoms with Crippen LogP contribution in [-0.2, 0) is 20.8 Å². The lowest BCUT2D eigenvalue weighted by Crippen LogP contribution is -2.15. The summed E-state index contributed by atoms with van der Waals surface area (Å²) in [6.45, 7) is 3.84. The zero-order chi connectivity index (χ0) is 15.3. The summed E-state index contributed by atoms with van der Waals surface area (Å²) >= 11 is 0. The molecule has 1 aromatic carbocycles. The van der Waals surface area contributed by atoms with Gasteiger partial charge in [-0.15, -0.1) is 0 Å². The van der Waals surface area contributed by atoms with Gasteiger partial charge in [-0.2, -0.15) is 0 Å². The number of carbonyl (C=O) groups is 1. The van der Waals surface area contributed by atoms with E-state index in [1.807, 2.05) is 12.1 Å². The largest absolute Gasteiger partial charge is 0.465 e. The van der Waals surface area contributed by atoms with Crippen LogP contribution in [0.15, 0.2) is 24.3 Å². The number of benzene rings is 1. The first-order chi connectivity index (χ1) is 10.3. The molecule has 0 aromatic heterocycles. The fourth-order valence-corrected chi connectivity index (χ4v) is 1.81. The number of methoxy groups -OCH3 is 2. The van der Waals surface area contributed by atoms with E-state index in [0.29, 0.717) is 18.8 Å². The van der Waals surface area contributed by atoms with Gasteiger partial charge in [-0.3, -0.25) is 0 Å². The van der Waals surface area contributed by atoms with Crippen LogP contribution in [0.25, 0.3) is 0 Å². The van der Waals surface area contributed by atoms with Crippen molar-refractivity contribution in [2.24, 2.45) is 0 Å². The first kappa shape index (κ1) is 17.6. The van der Waals surface area contributed by atoms with Crippen LogP contribution < -0.4 is 5.32 Å². The zero-order valence-corrected chi connectivity index (χ0v) is 12.9. The Morgan fingerprint density at radius 3 is 2.48 bits per heavy atom. The molecule has 0 radical (unpaired) electrons. The third kappa shape index (κ3) is 7.80. The quantitative estimate of drug-likeness (QED) is 0.500. The zero-order valence-electron chi connectivity index (χ0n) is 12.9. The molecule has 0 saturated carbocycles. The Bertz CT molecular complexity index is 392. The van der Waals surface area contributed by atoms with Crippen molar-refractivity contribution < 1.29 is 19.0 Å². The number of hydrogen-bond acceptors (Lipinski definition) is 5. The second kappa shape index (κ2) is 11.3. The molecule has 5 nitrogen and oxygen atoms in total. The van der Waals surface area contributed by atoms with Crippen molar-refractivity contribution in [3.8, 4) is 0 Å². The Labute approximate surface area is 126 Å². The highest BCUT2D eigenvalue weighted by atomic mass is 16.5. The SMILES string of the molecule is COCCOCCCCNCc1ccc(C(=O)OC)cc1. The highest BCUT2D eigenvalue weighted by molar-refractivity contribution is 5.89. The summed E-state index contributed by atoms with van der Waals surface area (Å²) < 4.78 is 15.0. The molecule has 1 rings (SSSR count). The third-order valence-corrected chi connectivity index (χ3v) is 3.03. The van der Waals surface area contributed by atoms with E-state index in [1.54, 1.807) is 19.2 Å². The molecule has 0 atom stereocenters. The van der Waals surface area contributed by atoms with Crippen molar-refractivity contribution in [3.05, 3.63) is 35.4 Å². The number of carbonyl (C=O) groups excluding carboxylic acids is 1. The maximum Gasteiger partial charge on any atom is 0.337 e. The minimum absolute atomic E-state index is 0.303. The van der Waals surface area contributed by atoms with Crippen LogP contribution in [-0.4, -0.2) is 46.6 Å². The van der Waals surface area contributed by atoms with E-state index in [1.165, 1.54) is 7.11 Å². The third-order valence-electron chi connectivity index (χ3n) is 3.03. The van der Waals surface area contributed by atoms with Crippen LogP contribution in [0.5, 0.6) is 0 Å². The normalized spacial score (nSPS) is 10.6. The summed E-state index contributed by atoms with van der Waals surface area (Å²) in [5.74, 6) is -0.303.